The van der Waals surface area contributed by atoms with Gasteiger partial charge in [-0.3, -0.25) is 0 Å². The lowest BCUT2D eigenvalue weighted by Gasteiger charge is -2.18. The molecule has 3 rings (SSSR count). The number of nitrogens with one attached hydrogen (secondary N) is 1. The Morgan fingerprint density at radius 3 is 2.71 bits per heavy atom. The number of anilines is 1. The van der Waals surface area contributed by atoms with Crippen LogP contribution in [0, 0.1) is 0 Å². The third-order valence-electron chi connectivity index (χ3n) is 3.77. The van der Waals surface area contributed by atoms with Crippen molar-refractivity contribution in [3.8, 4) is 11.5 Å². The summed E-state index contributed by atoms with van der Waals surface area (Å²) in [7, 11) is 0. The van der Waals surface area contributed by atoms with E-state index < -0.39 is 0 Å². The molecule has 112 valence electrons. The van der Waals surface area contributed by atoms with Crippen LogP contribution in [-0.4, -0.2) is 48.1 Å². The van der Waals surface area contributed by atoms with Gasteiger partial charge in [-0.1, -0.05) is 13.8 Å². The molecule has 0 bridgehead atoms. The standard InChI is InChI=1S/C15H20N4O2/c1-3-19(4-2)6-5-16-13-9-17-18-12-8-15-14(7-11(12)13)20-10-21-15/h7-9H,3-6,10H2,1-2H3,(H,16,18). The van der Waals surface area contributed by atoms with Gasteiger partial charge >= 0.3 is 0 Å². The van der Waals surface area contributed by atoms with Crippen LogP contribution in [0.3, 0.4) is 0 Å². The lowest BCUT2D eigenvalue weighted by Crippen LogP contribution is -2.28. The van der Waals surface area contributed by atoms with Crippen molar-refractivity contribution in [2.24, 2.45) is 0 Å². The quantitative estimate of drug-likeness (QED) is 0.878. The summed E-state index contributed by atoms with van der Waals surface area (Å²) in [5.74, 6) is 1.50. The van der Waals surface area contributed by atoms with Gasteiger partial charge in [-0.2, -0.15) is 10.2 Å². The minimum Gasteiger partial charge on any atom is -0.454 e. The first-order chi connectivity index (χ1) is 10.3. The smallest absolute Gasteiger partial charge is 0.231 e. The summed E-state index contributed by atoms with van der Waals surface area (Å²) in [6.45, 7) is 8.61. The van der Waals surface area contributed by atoms with Crippen LogP contribution in [-0.2, 0) is 0 Å². The fourth-order valence-corrected chi connectivity index (χ4v) is 2.48. The SMILES string of the molecule is CCN(CC)CCNc1cnnc2cc3c(cc12)OCO3. The van der Waals surface area contributed by atoms with Gasteiger partial charge in [-0.25, -0.2) is 0 Å². The van der Waals surface area contributed by atoms with E-state index in [0.717, 1.165) is 54.3 Å². The average molecular weight is 288 g/mol. The van der Waals surface area contributed by atoms with Crippen molar-refractivity contribution in [3.05, 3.63) is 18.3 Å². The van der Waals surface area contributed by atoms with Crippen LogP contribution in [0.5, 0.6) is 11.5 Å². The second kappa shape index (κ2) is 6.13. The minimum atomic E-state index is 0.268. The molecular weight excluding hydrogens is 268 g/mol. The molecule has 1 aromatic carbocycles. The molecule has 2 aromatic rings. The summed E-state index contributed by atoms with van der Waals surface area (Å²) in [5.41, 5.74) is 1.79. The van der Waals surface area contributed by atoms with Crippen molar-refractivity contribution >= 4 is 16.6 Å². The maximum Gasteiger partial charge on any atom is 0.231 e. The van der Waals surface area contributed by atoms with Crippen molar-refractivity contribution in [1.82, 2.24) is 15.1 Å². The molecule has 0 fully saturated rings. The van der Waals surface area contributed by atoms with Gasteiger partial charge in [0.05, 0.1) is 17.4 Å². The van der Waals surface area contributed by atoms with E-state index in [2.05, 4.69) is 34.3 Å². The second-order valence-electron chi connectivity index (χ2n) is 4.93. The van der Waals surface area contributed by atoms with Crippen LogP contribution in [0.25, 0.3) is 10.9 Å². The normalized spacial score (nSPS) is 13.1. The molecule has 6 nitrogen and oxygen atoms in total. The number of ether oxygens (including phenoxy) is 2. The fourth-order valence-electron chi connectivity index (χ4n) is 2.48. The van der Waals surface area contributed by atoms with Crippen LogP contribution in [0.15, 0.2) is 18.3 Å². The number of fused-ring (bicyclic) bond motifs is 2. The molecule has 0 radical (unpaired) electrons. The summed E-state index contributed by atoms with van der Waals surface area (Å²) >= 11 is 0. The fraction of sp³-hybridized carbons (Fsp3) is 0.467. The van der Waals surface area contributed by atoms with Gasteiger partial charge in [-0.05, 0) is 19.2 Å². The number of rotatable bonds is 6. The van der Waals surface area contributed by atoms with Gasteiger partial charge in [0.15, 0.2) is 11.5 Å². The largest absolute Gasteiger partial charge is 0.454 e. The zero-order valence-electron chi connectivity index (χ0n) is 12.4. The van der Waals surface area contributed by atoms with E-state index in [0.29, 0.717) is 0 Å². The summed E-state index contributed by atoms with van der Waals surface area (Å²) in [6, 6.07) is 3.84. The molecule has 0 spiro atoms. The Labute approximate surface area is 124 Å². The third-order valence-corrected chi connectivity index (χ3v) is 3.77. The first kappa shape index (κ1) is 13.9. The molecule has 1 aliphatic rings. The molecule has 1 aromatic heterocycles. The van der Waals surface area contributed by atoms with E-state index in [1.807, 2.05) is 12.1 Å². The van der Waals surface area contributed by atoms with E-state index in [1.54, 1.807) is 6.20 Å². The molecule has 0 unspecified atom stereocenters. The maximum absolute atomic E-state index is 5.43. The van der Waals surface area contributed by atoms with Crippen LogP contribution < -0.4 is 14.8 Å². The Kier molecular flexibility index (Phi) is 4.06. The average Bonchev–Trinajstić information content (AvgIpc) is 2.97. The predicted octanol–water partition coefficient (Wildman–Crippen LogP) is 2.11. The lowest BCUT2D eigenvalue weighted by molar-refractivity contribution is 0.174. The topological polar surface area (TPSA) is 59.5 Å². The van der Waals surface area contributed by atoms with E-state index >= 15 is 0 Å². The molecule has 21 heavy (non-hydrogen) atoms. The van der Waals surface area contributed by atoms with E-state index in [-0.39, 0.29) is 6.79 Å². The Morgan fingerprint density at radius 1 is 1.19 bits per heavy atom. The zero-order chi connectivity index (χ0) is 14.7. The number of benzene rings is 1. The van der Waals surface area contributed by atoms with Crippen molar-refractivity contribution in [2.45, 2.75) is 13.8 Å². The number of nitrogens with zero attached hydrogens (tertiary/aromatic N) is 3. The van der Waals surface area contributed by atoms with E-state index in [1.165, 1.54) is 0 Å². The maximum atomic E-state index is 5.43. The summed E-state index contributed by atoms with van der Waals surface area (Å²) < 4.78 is 10.8. The van der Waals surface area contributed by atoms with Crippen LogP contribution in [0.4, 0.5) is 5.69 Å². The van der Waals surface area contributed by atoms with Crippen molar-refractivity contribution < 1.29 is 9.47 Å². The molecule has 6 heteroatoms. The highest BCUT2D eigenvalue weighted by Gasteiger charge is 2.16. The molecule has 1 aliphatic heterocycles. The zero-order valence-corrected chi connectivity index (χ0v) is 12.4. The third kappa shape index (κ3) is 2.85. The van der Waals surface area contributed by atoms with Gasteiger partial charge < -0.3 is 19.7 Å². The van der Waals surface area contributed by atoms with Gasteiger partial charge in [0.25, 0.3) is 0 Å². The Bertz CT molecular complexity index is 628. The van der Waals surface area contributed by atoms with Crippen LogP contribution >= 0.6 is 0 Å². The van der Waals surface area contributed by atoms with Gasteiger partial charge in [0, 0.05) is 24.5 Å². The predicted molar refractivity (Wildman–Crippen MR) is 81.9 cm³/mol. The Balaban J connectivity index is 1.79. The van der Waals surface area contributed by atoms with Gasteiger partial charge in [0.1, 0.15) is 0 Å². The molecular formula is C15H20N4O2. The monoisotopic (exact) mass is 288 g/mol. The molecule has 0 atom stereocenters. The van der Waals surface area contributed by atoms with E-state index in [4.69, 9.17) is 9.47 Å². The highest BCUT2D eigenvalue weighted by Crippen LogP contribution is 2.37. The minimum absolute atomic E-state index is 0.268. The highest BCUT2D eigenvalue weighted by molar-refractivity contribution is 5.92. The molecule has 0 amide bonds. The molecule has 0 saturated carbocycles. The summed E-state index contributed by atoms with van der Waals surface area (Å²) in [4.78, 5) is 2.37. The highest BCUT2D eigenvalue weighted by atomic mass is 16.7. The number of hydrogen-bond donors (Lipinski definition) is 1. The van der Waals surface area contributed by atoms with Crippen LogP contribution in [0.2, 0.25) is 0 Å². The lowest BCUT2D eigenvalue weighted by atomic mass is 10.2. The number of likely N-dealkylation sites (N-methyl/N-ethyl adjacent to an activating group) is 1. The van der Waals surface area contributed by atoms with E-state index in [9.17, 15) is 0 Å². The number of aromatic nitrogens is 2. The molecule has 1 N–H and O–H groups in total. The Morgan fingerprint density at radius 2 is 1.95 bits per heavy atom. The van der Waals surface area contributed by atoms with Gasteiger partial charge in [-0.15, -0.1) is 0 Å². The Hall–Kier alpha value is -2.08. The molecule has 0 aliphatic carbocycles. The van der Waals surface area contributed by atoms with Crippen molar-refractivity contribution in [1.29, 1.82) is 0 Å². The van der Waals surface area contributed by atoms with Crippen LogP contribution in [0.1, 0.15) is 13.8 Å². The molecule has 0 saturated heterocycles. The van der Waals surface area contributed by atoms with Crippen molar-refractivity contribution in [3.63, 3.8) is 0 Å². The van der Waals surface area contributed by atoms with Gasteiger partial charge in [0.2, 0.25) is 6.79 Å². The first-order valence-corrected chi connectivity index (χ1v) is 7.33. The first-order valence-electron chi connectivity index (χ1n) is 7.33. The number of hydrogen-bond acceptors (Lipinski definition) is 6. The second-order valence-corrected chi connectivity index (χ2v) is 4.93. The summed E-state index contributed by atoms with van der Waals surface area (Å²) in [5, 5.41) is 12.7. The van der Waals surface area contributed by atoms with Crippen molar-refractivity contribution in [2.75, 3.05) is 38.3 Å². The summed E-state index contributed by atoms with van der Waals surface area (Å²) in [6.07, 6.45) is 1.76. The molecule has 2 heterocycles.